The van der Waals surface area contributed by atoms with Gasteiger partial charge in [-0.05, 0) is 6.42 Å². The molecule has 1 aliphatic carbocycles. The number of fused-ring (bicyclic) bond motifs is 2. The largest absolute Gasteiger partial charge is 0.464 e. The van der Waals surface area contributed by atoms with Gasteiger partial charge in [0.05, 0.1) is 31.7 Å². The molecule has 2 fully saturated rings. The van der Waals surface area contributed by atoms with Crippen molar-refractivity contribution in [1.82, 2.24) is 9.80 Å². The zero-order valence-electron chi connectivity index (χ0n) is 14.0. The summed E-state index contributed by atoms with van der Waals surface area (Å²) < 4.78 is 14.8. The summed E-state index contributed by atoms with van der Waals surface area (Å²) in [5.74, 6) is -1.53. The molecule has 3 aliphatic heterocycles. The monoisotopic (exact) mass is 352 g/mol. The average Bonchev–Trinajstić information content (AvgIpc) is 3.04. The highest BCUT2D eigenvalue weighted by molar-refractivity contribution is 5.95. The van der Waals surface area contributed by atoms with Gasteiger partial charge in [0.1, 0.15) is 13.2 Å². The Morgan fingerprint density at radius 3 is 2.68 bits per heavy atom. The number of amides is 3. The number of hydrogen-bond acceptors (Lipinski definition) is 7. The minimum Gasteiger partial charge on any atom is -0.464 e. The molecular weight excluding hydrogens is 332 g/mol. The van der Waals surface area contributed by atoms with Crippen LogP contribution in [0.15, 0.2) is 12.2 Å². The Balaban J connectivity index is 1.83. The second-order valence-electron chi connectivity index (χ2n) is 6.23. The summed E-state index contributed by atoms with van der Waals surface area (Å²) in [7, 11) is 1.26. The van der Waals surface area contributed by atoms with Gasteiger partial charge in [0, 0.05) is 12.8 Å². The van der Waals surface area contributed by atoms with Crippen LogP contribution in [-0.2, 0) is 23.8 Å². The van der Waals surface area contributed by atoms with Crippen LogP contribution in [0.3, 0.4) is 0 Å². The summed E-state index contributed by atoms with van der Waals surface area (Å²) >= 11 is 0. The van der Waals surface area contributed by atoms with Crippen molar-refractivity contribution in [2.24, 2.45) is 11.8 Å². The number of ether oxygens (including phenoxy) is 3. The highest BCUT2D eigenvalue weighted by atomic mass is 16.6. The summed E-state index contributed by atoms with van der Waals surface area (Å²) in [4.78, 5) is 50.4. The van der Waals surface area contributed by atoms with E-state index in [0.29, 0.717) is 6.42 Å². The number of hydrogen-bond donors (Lipinski definition) is 0. The fourth-order valence-electron chi connectivity index (χ4n) is 3.71. The van der Waals surface area contributed by atoms with Gasteiger partial charge in [0.25, 0.3) is 0 Å². The van der Waals surface area contributed by atoms with Gasteiger partial charge in [-0.3, -0.25) is 14.5 Å². The van der Waals surface area contributed by atoms with Crippen LogP contribution in [0.4, 0.5) is 9.59 Å². The predicted octanol–water partition coefficient (Wildman–Crippen LogP) is 0.540. The molecular formula is C16H20N2O7. The number of carbonyl (C=O) groups is 4. The van der Waals surface area contributed by atoms with Gasteiger partial charge in [-0.1, -0.05) is 12.2 Å². The summed E-state index contributed by atoms with van der Waals surface area (Å²) in [6.07, 6.45) is 2.90. The summed E-state index contributed by atoms with van der Waals surface area (Å²) in [5, 5.41) is 0. The molecule has 3 amide bonds. The molecule has 4 aliphatic rings. The minimum atomic E-state index is -0.656. The van der Waals surface area contributed by atoms with Crippen LogP contribution < -0.4 is 0 Å². The Bertz CT molecular complexity index is 632. The van der Waals surface area contributed by atoms with Crippen LogP contribution >= 0.6 is 0 Å². The number of cyclic esters (lactones) is 1. The average molecular weight is 352 g/mol. The van der Waals surface area contributed by atoms with E-state index in [0.717, 1.165) is 4.90 Å². The second kappa shape index (κ2) is 6.73. The van der Waals surface area contributed by atoms with E-state index in [1.165, 1.54) is 18.9 Å². The number of piperidine rings is 1. The molecule has 0 saturated carbocycles. The Morgan fingerprint density at radius 2 is 2.08 bits per heavy atom. The molecule has 4 unspecified atom stereocenters. The maximum Gasteiger partial charge on any atom is 0.416 e. The summed E-state index contributed by atoms with van der Waals surface area (Å²) in [6, 6.07) is -0.958. The number of imide groups is 1. The third-order valence-corrected chi connectivity index (χ3v) is 4.85. The molecule has 0 aromatic rings. The number of methoxy groups -OCH3 is 1. The summed E-state index contributed by atoms with van der Waals surface area (Å²) in [6.45, 7) is 1.72. The molecule has 0 aromatic carbocycles. The van der Waals surface area contributed by atoms with Gasteiger partial charge in [-0.25, -0.2) is 14.5 Å². The van der Waals surface area contributed by atoms with Crippen LogP contribution in [0, 0.1) is 11.8 Å². The molecule has 9 heteroatoms. The van der Waals surface area contributed by atoms with Gasteiger partial charge in [0.2, 0.25) is 5.91 Å². The molecule has 0 radical (unpaired) electrons. The molecule has 0 N–H and O–H groups in total. The molecule has 25 heavy (non-hydrogen) atoms. The number of esters is 1. The smallest absolute Gasteiger partial charge is 0.416 e. The fourth-order valence-corrected chi connectivity index (χ4v) is 3.71. The van der Waals surface area contributed by atoms with E-state index in [1.54, 1.807) is 6.08 Å². The van der Waals surface area contributed by atoms with Gasteiger partial charge in [0.15, 0.2) is 0 Å². The lowest BCUT2D eigenvalue weighted by molar-refractivity contribution is -0.147. The molecule has 4 atom stereocenters. The molecule has 136 valence electrons. The third-order valence-electron chi connectivity index (χ3n) is 4.85. The number of carbonyl (C=O) groups excluding carboxylic acids is 4. The highest BCUT2D eigenvalue weighted by Gasteiger charge is 2.51. The maximum absolute atomic E-state index is 12.8. The lowest BCUT2D eigenvalue weighted by atomic mass is 9.73. The van der Waals surface area contributed by atoms with Crippen LogP contribution in [0.25, 0.3) is 0 Å². The molecule has 9 nitrogen and oxygen atoms in total. The van der Waals surface area contributed by atoms with Gasteiger partial charge in [-0.15, -0.1) is 0 Å². The topological polar surface area (TPSA) is 102 Å². The molecule has 2 bridgehead atoms. The molecule has 3 heterocycles. The highest BCUT2D eigenvalue weighted by Crippen LogP contribution is 2.40. The van der Waals surface area contributed by atoms with Crippen molar-refractivity contribution in [2.75, 3.05) is 26.9 Å². The predicted molar refractivity (Wildman–Crippen MR) is 82.3 cm³/mol. The molecule has 2 saturated heterocycles. The van der Waals surface area contributed by atoms with E-state index >= 15 is 0 Å². The normalized spacial score (nSPS) is 30.2. The molecule has 4 rings (SSSR count). The summed E-state index contributed by atoms with van der Waals surface area (Å²) in [5.41, 5.74) is 0. The zero-order chi connectivity index (χ0) is 18.1. The standard InChI is InChI=1S/C16H20N2O7/c1-9(19)25-8-13-10-3-4-12(18(13)16(22)23-2)11(7-10)14(20)17-5-6-24-15(17)21/h3-4,10-13H,5-8H2,1-2H3. The Morgan fingerprint density at radius 1 is 1.32 bits per heavy atom. The van der Waals surface area contributed by atoms with E-state index in [9.17, 15) is 19.2 Å². The van der Waals surface area contributed by atoms with Crippen molar-refractivity contribution in [3.8, 4) is 0 Å². The molecule has 0 spiro atoms. The first-order valence-corrected chi connectivity index (χ1v) is 8.10. The zero-order valence-corrected chi connectivity index (χ0v) is 14.0. The van der Waals surface area contributed by atoms with Gasteiger partial charge < -0.3 is 14.2 Å². The van der Waals surface area contributed by atoms with Crippen LogP contribution in [-0.4, -0.2) is 72.8 Å². The lowest BCUT2D eigenvalue weighted by Gasteiger charge is -2.50. The van der Waals surface area contributed by atoms with Crippen molar-refractivity contribution < 1.29 is 33.4 Å². The van der Waals surface area contributed by atoms with E-state index in [-0.39, 0.29) is 31.6 Å². The molecule has 0 aromatic heterocycles. The van der Waals surface area contributed by atoms with Crippen molar-refractivity contribution in [2.45, 2.75) is 25.4 Å². The minimum absolute atomic E-state index is 0.0304. The maximum atomic E-state index is 12.8. The van der Waals surface area contributed by atoms with Gasteiger partial charge >= 0.3 is 18.2 Å². The van der Waals surface area contributed by atoms with Crippen molar-refractivity contribution in [1.29, 1.82) is 0 Å². The Hall–Kier alpha value is -2.58. The second-order valence-corrected chi connectivity index (χ2v) is 6.23. The van der Waals surface area contributed by atoms with Crippen molar-refractivity contribution in [3.63, 3.8) is 0 Å². The number of rotatable bonds is 3. The quantitative estimate of drug-likeness (QED) is 0.415. The van der Waals surface area contributed by atoms with E-state index in [2.05, 4.69) is 0 Å². The first kappa shape index (κ1) is 17.2. The van der Waals surface area contributed by atoms with Gasteiger partial charge in [-0.2, -0.15) is 0 Å². The SMILES string of the molecule is COC(=O)N1C2C=CC(CC2C(=O)N2CCOC2=O)C1COC(C)=O. The van der Waals surface area contributed by atoms with Crippen LogP contribution in [0.5, 0.6) is 0 Å². The first-order valence-electron chi connectivity index (χ1n) is 8.10. The fraction of sp³-hybridized carbons (Fsp3) is 0.625. The third kappa shape index (κ3) is 3.06. The van der Waals surface area contributed by atoms with Crippen molar-refractivity contribution >= 4 is 24.1 Å². The van der Waals surface area contributed by atoms with Crippen molar-refractivity contribution in [3.05, 3.63) is 12.2 Å². The lowest BCUT2D eigenvalue weighted by Crippen LogP contribution is -2.63. The van der Waals surface area contributed by atoms with E-state index in [1.807, 2.05) is 6.08 Å². The Kier molecular flexibility index (Phi) is 4.65. The number of nitrogens with zero attached hydrogens (tertiary/aromatic N) is 2. The first-order chi connectivity index (χ1) is 11.9. The van der Waals surface area contributed by atoms with Crippen LogP contribution in [0.1, 0.15) is 13.3 Å². The van der Waals surface area contributed by atoms with E-state index < -0.39 is 36.2 Å². The van der Waals surface area contributed by atoms with Crippen LogP contribution in [0.2, 0.25) is 0 Å². The Labute approximate surface area is 144 Å². The van der Waals surface area contributed by atoms with E-state index in [4.69, 9.17) is 14.2 Å².